The number of nitrogens with two attached hydrogens (primary N) is 1. The van der Waals surface area contributed by atoms with Gasteiger partial charge < -0.3 is 16.0 Å². The van der Waals surface area contributed by atoms with Crippen LogP contribution in [0.1, 0.15) is 17.1 Å². The predicted molar refractivity (Wildman–Crippen MR) is 80.3 cm³/mol. The van der Waals surface area contributed by atoms with Gasteiger partial charge in [-0.15, -0.1) is 0 Å². The van der Waals surface area contributed by atoms with Crippen LogP contribution >= 0.6 is 0 Å². The summed E-state index contributed by atoms with van der Waals surface area (Å²) in [4.78, 5) is 11.8. The lowest BCUT2D eigenvalue weighted by Gasteiger charge is -2.06. The first kappa shape index (κ1) is 12.6. The van der Waals surface area contributed by atoms with Crippen molar-refractivity contribution in [2.24, 2.45) is 5.73 Å². The van der Waals surface area contributed by atoms with Crippen molar-refractivity contribution in [2.45, 2.75) is 20.0 Å². The van der Waals surface area contributed by atoms with Crippen molar-refractivity contribution in [1.82, 2.24) is 15.0 Å². The van der Waals surface area contributed by atoms with Crippen molar-refractivity contribution in [1.29, 1.82) is 0 Å². The normalized spacial score (nSPS) is 10.9. The highest BCUT2D eigenvalue weighted by Crippen LogP contribution is 2.22. The van der Waals surface area contributed by atoms with E-state index in [1.165, 1.54) is 16.6 Å². The van der Waals surface area contributed by atoms with Crippen LogP contribution in [0.15, 0.2) is 36.5 Å². The smallest absolute Gasteiger partial charge is 0.144 e. The van der Waals surface area contributed by atoms with Crippen molar-refractivity contribution in [3.63, 3.8) is 0 Å². The summed E-state index contributed by atoms with van der Waals surface area (Å²) in [5.41, 5.74) is 9.14. The third-order valence-corrected chi connectivity index (χ3v) is 3.36. The Labute approximate surface area is 117 Å². The number of para-hydroxylation sites is 1. The number of anilines is 1. The average Bonchev–Trinajstić information content (AvgIpc) is 2.81. The van der Waals surface area contributed by atoms with E-state index in [4.69, 9.17) is 5.73 Å². The zero-order chi connectivity index (χ0) is 13.9. The SMILES string of the molecule is Cc1[nH]c2ccccc2c1CNc1ccnc(CN)n1. The van der Waals surface area contributed by atoms with E-state index in [0.29, 0.717) is 12.4 Å². The van der Waals surface area contributed by atoms with E-state index >= 15 is 0 Å². The van der Waals surface area contributed by atoms with E-state index in [0.717, 1.165) is 17.9 Å². The van der Waals surface area contributed by atoms with E-state index < -0.39 is 0 Å². The van der Waals surface area contributed by atoms with Crippen molar-refractivity contribution >= 4 is 16.7 Å². The van der Waals surface area contributed by atoms with Gasteiger partial charge in [-0.25, -0.2) is 9.97 Å². The summed E-state index contributed by atoms with van der Waals surface area (Å²) in [6, 6.07) is 10.2. The molecule has 0 atom stereocenters. The molecule has 0 aliphatic heterocycles. The van der Waals surface area contributed by atoms with Gasteiger partial charge in [0, 0.05) is 29.3 Å². The van der Waals surface area contributed by atoms with Crippen LogP contribution in [0, 0.1) is 6.92 Å². The fourth-order valence-corrected chi connectivity index (χ4v) is 2.34. The van der Waals surface area contributed by atoms with Gasteiger partial charge in [0.1, 0.15) is 11.6 Å². The Balaban J connectivity index is 1.84. The van der Waals surface area contributed by atoms with Gasteiger partial charge in [0.05, 0.1) is 6.54 Å². The fourth-order valence-electron chi connectivity index (χ4n) is 2.34. The predicted octanol–water partition coefficient (Wildman–Crippen LogP) is 2.34. The number of aryl methyl sites for hydroxylation is 1. The monoisotopic (exact) mass is 267 g/mol. The molecule has 0 unspecified atom stereocenters. The number of benzene rings is 1. The molecule has 2 aromatic heterocycles. The second kappa shape index (κ2) is 5.30. The number of aromatic amines is 1. The molecule has 0 aliphatic carbocycles. The van der Waals surface area contributed by atoms with Gasteiger partial charge in [-0.2, -0.15) is 0 Å². The first-order valence-corrected chi connectivity index (χ1v) is 6.60. The Morgan fingerprint density at radius 2 is 2.10 bits per heavy atom. The number of nitrogens with zero attached hydrogens (tertiary/aromatic N) is 2. The summed E-state index contributed by atoms with van der Waals surface area (Å²) >= 11 is 0. The molecule has 0 spiro atoms. The lowest BCUT2D eigenvalue weighted by Crippen LogP contribution is -2.07. The highest BCUT2D eigenvalue weighted by atomic mass is 15.0. The molecule has 4 N–H and O–H groups in total. The largest absolute Gasteiger partial charge is 0.366 e. The van der Waals surface area contributed by atoms with Crippen molar-refractivity contribution < 1.29 is 0 Å². The molecule has 1 aromatic carbocycles. The number of aromatic nitrogens is 3. The minimum absolute atomic E-state index is 0.349. The second-order valence-corrected chi connectivity index (χ2v) is 4.69. The lowest BCUT2D eigenvalue weighted by atomic mass is 10.1. The molecule has 5 heteroatoms. The van der Waals surface area contributed by atoms with E-state index in [1.54, 1.807) is 6.20 Å². The molecule has 0 amide bonds. The third-order valence-electron chi connectivity index (χ3n) is 3.36. The quantitative estimate of drug-likeness (QED) is 0.678. The molecule has 0 aliphatic rings. The highest BCUT2D eigenvalue weighted by Gasteiger charge is 2.07. The van der Waals surface area contributed by atoms with Crippen LogP contribution in [0.2, 0.25) is 0 Å². The number of H-pyrrole nitrogens is 1. The van der Waals surface area contributed by atoms with E-state index in [9.17, 15) is 0 Å². The molecule has 0 saturated heterocycles. The zero-order valence-electron chi connectivity index (χ0n) is 11.4. The Morgan fingerprint density at radius 1 is 1.25 bits per heavy atom. The molecule has 102 valence electrons. The highest BCUT2D eigenvalue weighted by molar-refractivity contribution is 5.84. The van der Waals surface area contributed by atoms with Crippen LogP contribution in [0.4, 0.5) is 5.82 Å². The van der Waals surface area contributed by atoms with E-state index in [1.807, 2.05) is 12.1 Å². The van der Waals surface area contributed by atoms with Crippen LogP contribution < -0.4 is 11.1 Å². The number of hydrogen-bond acceptors (Lipinski definition) is 4. The van der Waals surface area contributed by atoms with Gasteiger partial charge in [-0.3, -0.25) is 0 Å². The maximum atomic E-state index is 5.55. The van der Waals surface area contributed by atoms with Crippen LogP contribution in [-0.2, 0) is 13.1 Å². The zero-order valence-corrected chi connectivity index (χ0v) is 11.4. The molecule has 0 saturated carbocycles. The Kier molecular flexibility index (Phi) is 3.35. The Bertz CT molecular complexity index is 732. The summed E-state index contributed by atoms with van der Waals surface area (Å²) < 4.78 is 0. The third kappa shape index (κ3) is 2.35. The first-order chi connectivity index (χ1) is 9.78. The van der Waals surface area contributed by atoms with Crippen LogP contribution in [0.5, 0.6) is 0 Å². The van der Waals surface area contributed by atoms with Gasteiger partial charge in [-0.05, 0) is 24.6 Å². The van der Waals surface area contributed by atoms with Gasteiger partial charge in [-0.1, -0.05) is 18.2 Å². The number of hydrogen-bond donors (Lipinski definition) is 3. The van der Waals surface area contributed by atoms with Crippen molar-refractivity contribution in [3.8, 4) is 0 Å². The molecule has 0 radical (unpaired) electrons. The topological polar surface area (TPSA) is 79.6 Å². The van der Waals surface area contributed by atoms with Gasteiger partial charge in [0.2, 0.25) is 0 Å². The van der Waals surface area contributed by atoms with Crippen molar-refractivity contribution in [3.05, 3.63) is 53.6 Å². The minimum atomic E-state index is 0.349. The number of nitrogens with one attached hydrogen (secondary N) is 2. The lowest BCUT2D eigenvalue weighted by molar-refractivity contribution is 0.904. The summed E-state index contributed by atoms with van der Waals surface area (Å²) in [6.07, 6.45) is 1.72. The van der Waals surface area contributed by atoms with Crippen molar-refractivity contribution in [2.75, 3.05) is 5.32 Å². The van der Waals surface area contributed by atoms with Crippen LogP contribution in [0.3, 0.4) is 0 Å². The minimum Gasteiger partial charge on any atom is -0.366 e. The van der Waals surface area contributed by atoms with Crippen LogP contribution in [0.25, 0.3) is 10.9 Å². The molecule has 5 nitrogen and oxygen atoms in total. The molecule has 20 heavy (non-hydrogen) atoms. The summed E-state index contributed by atoms with van der Waals surface area (Å²) in [5.74, 6) is 1.44. The molecule has 3 rings (SSSR count). The van der Waals surface area contributed by atoms with Gasteiger partial charge in [0.15, 0.2) is 0 Å². The second-order valence-electron chi connectivity index (χ2n) is 4.69. The maximum absolute atomic E-state index is 5.55. The average molecular weight is 267 g/mol. The van der Waals surface area contributed by atoms with Crippen LogP contribution in [-0.4, -0.2) is 15.0 Å². The van der Waals surface area contributed by atoms with Gasteiger partial charge in [0.25, 0.3) is 0 Å². The molecular weight excluding hydrogens is 250 g/mol. The maximum Gasteiger partial charge on any atom is 0.144 e. The molecular formula is C15H17N5. The summed E-state index contributed by atoms with van der Waals surface area (Å²) in [7, 11) is 0. The van der Waals surface area contributed by atoms with E-state index in [2.05, 4.69) is 45.4 Å². The molecule has 3 aromatic rings. The van der Waals surface area contributed by atoms with Gasteiger partial charge >= 0.3 is 0 Å². The number of fused-ring (bicyclic) bond motifs is 1. The number of rotatable bonds is 4. The fraction of sp³-hybridized carbons (Fsp3) is 0.200. The Hall–Kier alpha value is -2.40. The molecule has 0 bridgehead atoms. The van der Waals surface area contributed by atoms with E-state index in [-0.39, 0.29) is 0 Å². The standard InChI is InChI=1S/C15H17N5/c1-10-12(11-4-2-3-5-13(11)19-10)9-18-14-6-7-17-15(8-16)20-14/h2-7,19H,8-9,16H2,1H3,(H,17,18,20). The summed E-state index contributed by atoms with van der Waals surface area (Å²) in [6.45, 7) is 3.15. The molecule has 2 heterocycles. The summed E-state index contributed by atoms with van der Waals surface area (Å²) in [5, 5.41) is 4.57. The first-order valence-electron chi connectivity index (χ1n) is 6.60. The Morgan fingerprint density at radius 3 is 2.95 bits per heavy atom. The molecule has 0 fully saturated rings.